The number of para-hydroxylation sites is 2. The summed E-state index contributed by atoms with van der Waals surface area (Å²) in [6.07, 6.45) is 21.1. The van der Waals surface area contributed by atoms with E-state index in [0.717, 1.165) is 33.3 Å². The second-order valence-electron chi connectivity index (χ2n) is 25.2. The van der Waals surface area contributed by atoms with E-state index in [0.29, 0.717) is 0 Å². The van der Waals surface area contributed by atoms with E-state index in [-0.39, 0.29) is 0 Å². The Kier molecular flexibility index (Phi) is 15.7. The first-order chi connectivity index (χ1) is 42.0. The topological polar surface area (TPSA) is 35.6 Å². The minimum atomic E-state index is -2.01. The first kappa shape index (κ1) is 55.7. The second-order valence-corrected chi connectivity index (χ2v) is 34.3. The van der Waals surface area contributed by atoms with Crippen molar-refractivity contribution in [2.75, 3.05) is 0 Å². The van der Waals surface area contributed by atoms with Crippen molar-refractivity contribution >= 4 is 103 Å². The highest BCUT2D eigenvalue weighted by Gasteiger charge is 2.46. The maximum Gasteiger partial charge on any atom is 0.119 e. The van der Waals surface area contributed by atoms with Gasteiger partial charge in [-0.25, -0.2) is 0 Å². The van der Waals surface area contributed by atoms with Gasteiger partial charge in [-0.3, -0.25) is 0 Å². The van der Waals surface area contributed by atoms with Crippen LogP contribution in [0.15, 0.2) is 182 Å². The number of unbranched alkanes of at least 4 members (excludes halogenated alkanes) is 12. The van der Waals surface area contributed by atoms with E-state index in [1.54, 1.807) is 20.7 Å². The summed E-state index contributed by atoms with van der Waals surface area (Å²) in [5.74, 6) is 0. The van der Waals surface area contributed by atoms with Gasteiger partial charge in [-0.05, 0) is 127 Å². The molecule has 0 saturated heterocycles. The lowest BCUT2D eigenvalue weighted by atomic mass is 9.97. The average Bonchev–Trinajstić information content (AvgIpc) is 1.65. The zero-order valence-electron chi connectivity index (χ0n) is 50.7. The number of benzene rings is 9. The van der Waals surface area contributed by atoms with Gasteiger partial charge in [-0.2, -0.15) is 8.75 Å². The van der Waals surface area contributed by atoms with E-state index in [4.69, 9.17) is 8.75 Å². The summed E-state index contributed by atoms with van der Waals surface area (Å²) in [5.41, 5.74) is 19.8. The molecule has 3 aromatic heterocycles. The maximum absolute atomic E-state index is 5.01. The molecule has 4 nitrogen and oxygen atoms in total. The van der Waals surface area contributed by atoms with Crippen LogP contribution in [0.4, 0.5) is 0 Å². The second kappa shape index (κ2) is 23.9. The van der Waals surface area contributed by atoms with Gasteiger partial charge in [0.05, 0.1) is 33.8 Å². The molecule has 0 atom stereocenters. The van der Waals surface area contributed by atoms with Gasteiger partial charge in [-0.1, -0.05) is 264 Å². The van der Waals surface area contributed by atoms with E-state index < -0.39 is 16.1 Å². The third kappa shape index (κ3) is 9.59. The van der Waals surface area contributed by atoms with E-state index in [9.17, 15) is 0 Å². The number of nitrogens with zero attached hydrogens (tertiary/aromatic N) is 4. The zero-order chi connectivity index (χ0) is 57.5. The van der Waals surface area contributed by atoms with Gasteiger partial charge in [0, 0.05) is 44.0 Å². The van der Waals surface area contributed by atoms with Crippen molar-refractivity contribution in [2.24, 2.45) is 0 Å². The molecule has 5 heterocycles. The zero-order valence-corrected chi connectivity index (χ0v) is 53.5. The van der Waals surface area contributed by atoms with Crippen molar-refractivity contribution in [3.63, 3.8) is 0 Å². The lowest BCUT2D eigenvalue weighted by Gasteiger charge is -2.30. The molecule has 0 fully saturated rings. The fourth-order valence-corrected chi connectivity index (χ4v) is 27.8. The molecular weight excluding hydrogens is 1080 g/mol. The summed E-state index contributed by atoms with van der Waals surface area (Å²) >= 11 is 1.31. The predicted molar refractivity (Wildman–Crippen MR) is 374 cm³/mol. The number of rotatable bonds is 24. The van der Waals surface area contributed by atoms with Crippen molar-refractivity contribution in [2.45, 2.75) is 155 Å². The summed E-state index contributed by atoms with van der Waals surface area (Å²) in [6, 6.07) is 76.4. The van der Waals surface area contributed by atoms with Crippen LogP contribution in [-0.4, -0.2) is 34.0 Å². The fraction of sp³-hybridized carbons (Fsp3) is 0.308. The Balaban J connectivity index is 0.798. The van der Waals surface area contributed by atoms with Crippen LogP contribution in [0.2, 0.25) is 24.2 Å². The number of aromatic nitrogens is 4. The molecule has 428 valence electrons. The monoisotopic (exact) mass is 1160 g/mol. The molecule has 0 amide bonds. The van der Waals surface area contributed by atoms with Gasteiger partial charge in [0.15, 0.2) is 0 Å². The Morgan fingerprint density at radius 1 is 0.306 bits per heavy atom. The SMILES string of the molecule is CCCCCC[Si]1(CCCCCC)c2ccccc2-c2cc3c(cc21)c1ccccc1n3-c1ccc(-c2ccc(-c3ccc(-n4c5ccccc5c5cc6c(cc54)-c4ccccc4[Si]6(CCCCCC)CCCCCC)cc3)c3nsnc23)cc1. The van der Waals surface area contributed by atoms with Crippen LogP contribution in [-0.2, 0) is 0 Å². The lowest BCUT2D eigenvalue weighted by Crippen LogP contribution is -2.55. The van der Waals surface area contributed by atoms with Gasteiger partial charge < -0.3 is 9.13 Å². The van der Waals surface area contributed by atoms with Crippen LogP contribution in [0.3, 0.4) is 0 Å². The van der Waals surface area contributed by atoms with E-state index >= 15 is 0 Å². The maximum atomic E-state index is 5.01. The molecule has 0 bridgehead atoms. The van der Waals surface area contributed by atoms with Gasteiger partial charge >= 0.3 is 0 Å². The first-order valence-electron chi connectivity index (χ1n) is 32.8. The third-order valence-corrected chi connectivity index (χ3v) is 31.4. The Bertz CT molecular complexity index is 4090. The molecule has 14 rings (SSSR count). The van der Waals surface area contributed by atoms with E-state index in [1.807, 2.05) is 0 Å². The first-order valence-corrected chi connectivity index (χ1v) is 38.4. The summed E-state index contributed by atoms with van der Waals surface area (Å²) in [5, 5.41) is 12.2. The Labute approximate surface area is 510 Å². The Morgan fingerprint density at radius 3 is 1.06 bits per heavy atom. The Hall–Kier alpha value is -7.17. The highest BCUT2D eigenvalue weighted by atomic mass is 32.1. The molecule has 9 aromatic carbocycles. The van der Waals surface area contributed by atoms with Crippen LogP contribution in [0.1, 0.15) is 130 Å². The van der Waals surface area contributed by atoms with Crippen LogP contribution >= 0.6 is 11.7 Å². The van der Waals surface area contributed by atoms with E-state index in [2.05, 4.69) is 219 Å². The van der Waals surface area contributed by atoms with Crippen molar-refractivity contribution in [1.82, 2.24) is 17.9 Å². The highest BCUT2D eigenvalue weighted by Crippen LogP contribution is 2.44. The van der Waals surface area contributed by atoms with Crippen LogP contribution in [0.25, 0.3) is 111 Å². The number of hydrogen-bond acceptors (Lipinski definition) is 3. The normalized spacial score (nSPS) is 13.8. The fourth-order valence-electron chi connectivity index (χ4n) is 16.0. The molecule has 85 heavy (non-hydrogen) atoms. The van der Waals surface area contributed by atoms with Crippen molar-refractivity contribution in [3.8, 4) is 55.9 Å². The average molecular weight is 1160 g/mol. The van der Waals surface area contributed by atoms with E-state index in [1.165, 1.54) is 216 Å². The number of hydrogen-bond donors (Lipinski definition) is 0. The van der Waals surface area contributed by atoms with Crippen molar-refractivity contribution < 1.29 is 0 Å². The van der Waals surface area contributed by atoms with Crippen LogP contribution in [0, 0.1) is 0 Å². The van der Waals surface area contributed by atoms with Crippen LogP contribution in [0.5, 0.6) is 0 Å². The standard InChI is InChI=1S/C78H82N4SSi2/c1-5-9-13-25-47-84(48-26-14-10-6-2)73-35-23-19-31-63(73)67-51-71-65(53-75(67)84)61-29-17-21-33-69(61)81(71)57-41-37-55(38-42-57)59-45-46-60(78-77(59)79-83-80-78)56-39-43-58(44-40-56)82-70-34-22-18-30-62(70)66-54-76-68(52-72(66)82)64-32-20-24-36-74(64)85(76,49-27-15-11-7-3)50-28-16-12-8-4/h17-24,29-46,51-54H,5-16,25-28,47-50H2,1-4H3. The lowest BCUT2D eigenvalue weighted by molar-refractivity contribution is 0.684. The highest BCUT2D eigenvalue weighted by molar-refractivity contribution is 7.06. The van der Waals surface area contributed by atoms with Crippen molar-refractivity contribution in [3.05, 3.63) is 182 Å². The molecule has 7 heteroatoms. The summed E-state index contributed by atoms with van der Waals surface area (Å²) in [4.78, 5) is 0. The molecule has 0 saturated carbocycles. The van der Waals surface area contributed by atoms with Crippen LogP contribution < -0.4 is 20.7 Å². The number of fused-ring (bicyclic) bond motifs is 13. The molecule has 0 aliphatic carbocycles. The molecule has 0 N–H and O–H groups in total. The summed E-state index contributed by atoms with van der Waals surface area (Å²) < 4.78 is 15.1. The third-order valence-electron chi connectivity index (χ3n) is 20.2. The molecule has 2 aliphatic rings. The van der Waals surface area contributed by atoms with Gasteiger partial charge in [-0.15, -0.1) is 0 Å². The van der Waals surface area contributed by atoms with Crippen molar-refractivity contribution in [1.29, 1.82) is 0 Å². The van der Waals surface area contributed by atoms with Gasteiger partial charge in [0.2, 0.25) is 0 Å². The molecule has 0 unspecified atom stereocenters. The smallest absolute Gasteiger partial charge is 0.119 e. The predicted octanol–water partition coefficient (Wildman–Crippen LogP) is 20.6. The quantitative estimate of drug-likeness (QED) is 0.0446. The summed E-state index contributed by atoms with van der Waals surface area (Å²) in [6.45, 7) is 9.37. The van der Waals surface area contributed by atoms with Gasteiger partial charge in [0.25, 0.3) is 0 Å². The summed E-state index contributed by atoms with van der Waals surface area (Å²) in [7, 11) is -4.03. The minimum absolute atomic E-state index is 0.953. The Morgan fingerprint density at radius 2 is 0.671 bits per heavy atom. The molecular formula is C78H82N4SSi2. The molecule has 0 radical (unpaired) electrons. The largest absolute Gasteiger partial charge is 0.309 e. The minimum Gasteiger partial charge on any atom is -0.309 e. The van der Waals surface area contributed by atoms with Gasteiger partial charge in [0.1, 0.15) is 27.2 Å². The molecule has 2 aliphatic heterocycles. The molecule has 0 spiro atoms. The molecule has 12 aromatic rings.